The predicted molar refractivity (Wildman–Crippen MR) is 229 cm³/mol. The van der Waals surface area contributed by atoms with Gasteiger partial charge in [-0.15, -0.1) is 0 Å². The molecule has 3 atom stereocenters. The molecule has 0 amide bonds. The first-order chi connectivity index (χ1) is 27.6. The van der Waals surface area contributed by atoms with E-state index in [-0.39, 0.29) is 6.10 Å². The van der Waals surface area contributed by atoms with Gasteiger partial charge >= 0.3 is 0 Å². The van der Waals surface area contributed by atoms with Crippen LogP contribution in [-0.2, 0) is 4.74 Å². The zero-order chi connectivity index (χ0) is 37.0. The first-order valence-electron chi connectivity index (χ1n) is 19.4. The van der Waals surface area contributed by atoms with Crippen LogP contribution in [0.3, 0.4) is 0 Å². The second-order valence-corrected chi connectivity index (χ2v) is 15.4. The summed E-state index contributed by atoms with van der Waals surface area (Å²) in [7, 11) is 0. The van der Waals surface area contributed by atoms with Crippen LogP contribution in [0.15, 0.2) is 198 Å². The summed E-state index contributed by atoms with van der Waals surface area (Å²) in [6.45, 7) is 3.08. The van der Waals surface area contributed by atoms with Crippen LogP contribution in [0.2, 0.25) is 0 Å². The smallest absolute Gasteiger partial charge is 0.187 e. The third-order valence-electron chi connectivity index (χ3n) is 12.3. The van der Waals surface area contributed by atoms with E-state index >= 15 is 0 Å². The average Bonchev–Trinajstić information content (AvgIpc) is 3.87. The second-order valence-electron chi connectivity index (χ2n) is 15.4. The lowest BCUT2D eigenvalue weighted by Gasteiger charge is -2.33. The number of hydrogen-bond acceptors (Lipinski definition) is 4. The van der Waals surface area contributed by atoms with Crippen molar-refractivity contribution in [2.24, 2.45) is 10.4 Å². The third-order valence-corrected chi connectivity index (χ3v) is 12.3. The molecule has 6 aromatic carbocycles. The second kappa shape index (κ2) is 11.7. The highest BCUT2D eigenvalue weighted by Gasteiger charge is 2.51. The normalized spacial score (nSPS) is 21.5. The highest BCUT2D eigenvalue weighted by atomic mass is 16.5. The van der Waals surface area contributed by atoms with Crippen molar-refractivity contribution < 1.29 is 4.74 Å². The van der Waals surface area contributed by atoms with Crippen LogP contribution in [0.1, 0.15) is 18.7 Å². The summed E-state index contributed by atoms with van der Waals surface area (Å²) in [5, 5.41) is 14.5. The van der Waals surface area contributed by atoms with Crippen molar-refractivity contribution in [2.45, 2.75) is 19.2 Å². The molecule has 0 saturated heterocycles. The molecule has 12 rings (SSSR count). The number of benzene rings is 6. The van der Waals surface area contributed by atoms with Crippen LogP contribution < -0.4 is 10.6 Å². The molecule has 0 fully saturated rings. The maximum Gasteiger partial charge on any atom is 0.187 e. The molecule has 0 saturated carbocycles. The van der Waals surface area contributed by atoms with Gasteiger partial charge < -0.3 is 24.5 Å². The zero-order valence-electron chi connectivity index (χ0n) is 30.8. The lowest BCUT2D eigenvalue weighted by Crippen LogP contribution is -2.39. The van der Waals surface area contributed by atoms with Gasteiger partial charge in [0.25, 0.3) is 0 Å². The number of hydrogen-bond donors (Lipinski definition) is 2. The monoisotopic (exact) mass is 723 g/mol. The van der Waals surface area contributed by atoms with Gasteiger partial charge in [-0.2, -0.15) is 0 Å². The topological polar surface area (TPSA) is 55.5 Å². The Morgan fingerprint density at radius 3 is 2.25 bits per heavy atom. The molecule has 1 aliphatic carbocycles. The number of rotatable bonds is 4. The molecule has 3 unspecified atom stereocenters. The van der Waals surface area contributed by atoms with E-state index in [4.69, 9.17) is 9.73 Å². The van der Waals surface area contributed by atoms with Gasteiger partial charge in [0.05, 0.1) is 33.2 Å². The van der Waals surface area contributed by atoms with E-state index in [0.717, 1.165) is 51.6 Å². The molecule has 0 bridgehead atoms. The third kappa shape index (κ3) is 4.47. The number of fused-ring (bicyclic) bond motifs is 9. The highest BCUT2D eigenvalue weighted by molar-refractivity contribution is 6.14. The number of dihydropyridines is 1. The summed E-state index contributed by atoms with van der Waals surface area (Å²) in [5.41, 5.74) is 9.83. The zero-order valence-corrected chi connectivity index (χ0v) is 30.8. The Balaban J connectivity index is 1.08. The molecule has 8 aromatic rings. The first kappa shape index (κ1) is 31.3. The Morgan fingerprint density at radius 1 is 0.714 bits per heavy atom. The van der Waals surface area contributed by atoms with E-state index in [0.29, 0.717) is 0 Å². The fourth-order valence-electron chi connectivity index (χ4n) is 9.43. The number of ether oxygens (including phenoxy) is 1. The van der Waals surface area contributed by atoms with Gasteiger partial charge in [-0.3, -0.25) is 0 Å². The Hall–Kier alpha value is -7.05. The molecule has 5 heterocycles. The van der Waals surface area contributed by atoms with Gasteiger partial charge in [-0.25, -0.2) is 4.99 Å². The summed E-state index contributed by atoms with van der Waals surface area (Å²) >= 11 is 0. The van der Waals surface area contributed by atoms with Gasteiger partial charge in [-0.05, 0) is 102 Å². The van der Waals surface area contributed by atoms with Crippen molar-refractivity contribution in [3.8, 4) is 5.69 Å². The SMILES string of the molecule is CC12C=CC(C3=CC=CNC3)=CC1OC1=C2NC(c2ccc3c(c2)c2ccccc2n3-c2ccccc2)=NC1n1c2ccccc2c2cc3ccccc3cc21. The van der Waals surface area contributed by atoms with Crippen molar-refractivity contribution in [2.75, 3.05) is 6.54 Å². The molecule has 3 aliphatic heterocycles. The van der Waals surface area contributed by atoms with E-state index in [9.17, 15) is 0 Å². The van der Waals surface area contributed by atoms with E-state index in [1.54, 1.807) is 0 Å². The molecule has 2 aromatic heterocycles. The number of amidine groups is 1. The maximum absolute atomic E-state index is 7.17. The number of aromatic nitrogens is 2. The van der Waals surface area contributed by atoms with E-state index < -0.39 is 11.6 Å². The molecule has 268 valence electrons. The lowest BCUT2D eigenvalue weighted by molar-refractivity contribution is 0.113. The molecular formula is C50H37N5O. The summed E-state index contributed by atoms with van der Waals surface area (Å²) in [4.78, 5) is 5.67. The van der Waals surface area contributed by atoms with Crippen LogP contribution in [0.25, 0.3) is 60.1 Å². The number of allylic oxidation sites excluding steroid dienone is 3. The lowest BCUT2D eigenvalue weighted by atomic mass is 9.76. The van der Waals surface area contributed by atoms with E-state index in [2.05, 4.69) is 191 Å². The molecule has 0 spiro atoms. The van der Waals surface area contributed by atoms with Crippen LogP contribution in [0.4, 0.5) is 0 Å². The van der Waals surface area contributed by atoms with Crippen LogP contribution >= 0.6 is 0 Å². The van der Waals surface area contributed by atoms with Crippen molar-refractivity contribution in [1.29, 1.82) is 0 Å². The Labute approximate surface area is 323 Å². The Kier molecular flexibility index (Phi) is 6.56. The molecule has 4 aliphatic rings. The minimum Gasteiger partial charge on any atom is -0.483 e. The molecule has 0 radical (unpaired) electrons. The quantitative estimate of drug-likeness (QED) is 0.190. The standard InChI is InChI=1S/C50H37N5O/c1-50-24-23-33(35-14-11-25-51-30-35)29-45(50)56-46-47(50)52-48(34-21-22-43-39(27-34)37-17-7-9-19-41(37)54(43)36-15-3-2-4-16-36)53-49(46)55-42-20-10-8-18-38(42)40-26-31-12-5-6-13-32(31)28-44(40)55/h2-29,45,49,51H,30H2,1H3,(H,52,53). The van der Waals surface area contributed by atoms with Crippen molar-refractivity contribution in [3.05, 3.63) is 198 Å². The summed E-state index contributed by atoms with van der Waals surface area (Å²) in [5.74, 6) is 1.69. The molecule has 6 heteroatoms. The molecular weight excluding hydrogens is 687 g/mol. The molecule has 2 N–H and O–H groups in total. The van der Waals surface area contributed by atoms with Crippen LogP contribution in [-0.4, -0.2) is 27.6 Å². The Bertz CT molecular complexity index is 3170. The minimum atomic E-state index is -0.447. The van der Waals surface area contributed by atoms with Gasteiger partial charge in [0, 0.05) is 39.3 Å². The van der Waals surface area contributed by atoms with Crippen molar-refractivity contribution in [3.63, 3.8) is 0 Å². The fraction of sp³-hybridized carbons (Fsp3) is 0.100. The molecule has 56 heavy (non-hydrogen) atoms. The van der Waals surface area contributed by atoms with Crippen molar-refractivity contribution in [1.82, 2.24) is 19.8 Å². The number of para-hydroxylation sites is 3. The summed E-state index contributed by atoms with van der Waals surface area (Å²) in [6.07, 6.45) is 12.5. The van der Waals surface area contributed by atoms with E-state index in [1.807, 2.05) is 6.20 Å². The van der Waals surface area contributed by atoms with Gasteiger partial charge in [0.15, 0.2) is 11.9 Å². The highest BCUT2D eigenvalue weighted by Crippen LogP contribution is 2.52. The summed E-state index contributed by atoms with van der Waals surface area (Å²) < 4.78 is 11.9. The van der Waals surface area contributed by atoms with Gasteiger partial charge in [-0.1, -0.05) is 97.1 Å². The van der Waals surface area contributed by atoms with Gasteiger partial charge in [0.1, 0.15) is 11.9 Å². The molecule has 6 nitrogen and oxygen atoms in total. The summed E-state index contributed by atoms with van der Waals surface area (Å²) in [6, 6.07) is 48.1. The van der Waals surface area contributed by atoms with E-state index in [1.165, 1.54) is 49.0 Å². The predicted octanol–water partition coefficient (Wildman–Crippen LogP) is 10.7. The van der Waals surface area contributed by atoms with Gasteiger partial charge in [0.2, 0.25) is 0 Å². The van der Waals surface area contributed by atoms with Crippen LogP contribution in [0, 0.1) is 5.41 Å². The minimum absolute atomic E-state index is 0.205. The number of nitrogens with zero attached hydrogens (tertiary/aromatic N) is 3. The first-order valence-corrected chi connectivity index (χ1v) is 19.4. The van der Waals surface area contributed by atoms with Crippen LogP contribution in [0.5, 0.6) is 0 Å². The number of aliphatic imine (C=N–C) groups is 1. The Morgan fingerprint density at radius 2 is 1.43 bits per heavy atom. The fourth-order valence-corrected chi connectivity index (χ4v) is 9.43. The largest absolute Gasteiger partial charge is 0.483 e. The average molecular weight is 724 g/mol. The maximum atomic E-state index is 7.17. The number of nitrogens with one attached hydrogen (secondary N) is 2. The van der Waals surface area contributed by atoms with Crippen molar-refractivity contribution >= 4 is 60.2 Å².